The highest BCUT2D eigenvalue weighted by atomic mass is 19.1. The number of nitrogens with zero attached hydrogens (tertiary/aromatic N) is 2. The summed E-state index contributed by atoms with van der Waals surface area (Å²) in [5.74, 6) is 0.384. The summed E-state index contributed by atoms with van der Waals surface area (Å²) in [5, 5.41) is 6.47. The van der Waals surface area contributed by atoms with Crippen molar-refractivity contribution in [1.29, 1.82) is 0 Å². The van der Waals surface area contributed by atoms with E-state index in [0.29, 0.717) is 6.54 Å². The number of nitrogens with two attached hydrogens (primary N) is 1. The van der Waals surface area contributed by atoms with Gasteiger partial charge in [0.2, 0.25) is 5.91 Å². The van der Waals surface area contributed by atoms with Crippen LogP contribution in [-0.2, 0) is 11.3 Å². The van der Waals surface area contributed by atoms with Crippen molar-refractivity contribution in [3.05, 3.63) is 35.6 Å². The lowest BCUT2D eigenvalue weighted by atomic mass is 9.96. The van der Waals surface area contributed by atoms with Gasteiger partial charge in [0.05, 0.1) is 0 Å². The monoisotopic (exact) mass is 363 g/mol. The van der Waals surface area contributed by atoms with Gasteiger partial charge < -0.3 is 21.3 Å². The molecule has 0 saturated carbocycles. The zero-order valence-electron chi connectivity index (χ0n) is 15.5. The molecule has 0 radical (unpaired) electrons. The molecule has 1 aromatic carbocycles. The number of halogens is 1. The van der Waals surface area contributed by atoms with E-state index >= 15 is 0 Å². The number of primary amides is 1. The fourth-order valence-electron chi connectivity index (χ4n) is 3.16. The number of benzene rings is 1. The van der Waals surface area contributed by atoms with E-state index in [1.54, 1.807) is 13.1 Å². The van der Waals surface area contributed by atoms with Crippen LogP contribution in [0.4, 0.5) is 4.39 Å². The van der Waals surface area contributed by atoms with Gasteiger partial charge in [-0.25, -0.2) is 4.39 Å². The van der Waals surface area contributed by atoms with E-state index in [-0.39, 0.29) is 17.6 Å². The van der Waals surface area contributed by atoms with Crippen LogP contribution in [0.15, 0.2) is 29.3 Å². The van der Waals surface area contributed by atoms with Gasteiger partial charge in [-0.3, -0.25) is 9.79 Å². The van der Waals surface area contributed by atoms with Crippen molar-refractivity contribution < 1.29 is 9.18 Å². The molecule has 0 unspecified atom stereocenters. The first-order valence-corrected chi connectivity index (χ1v) is 9.29. The van der Waals surface area contributed by atoms with Gasteiger partial charge in [0, 0.05) is 26.1 Å². The molecule has 1 aliphatic rings. The molecule has 0 atom stereocenters. The van der Waals surface area contributed by atoms with E-state index in [2.05, 4.69) is 20.5 Å². The minimum Gasteiger partial charge on any atom is -0.369 e. The van der Waals surface area contributed by atoms with Gasteiger partial charge in [0.15, 0.2) is 5.96 Å². The number of unbranched alkanes of at least 4 members (excludes halogenated alkanes) is 1. The molecule has 0 aromatic heterocycles. The van der Waals surface area contributed by atoms with Crippen molar-refractivity contribution in [3.8, 4) is 0 Å². The van der Waals surface area contributed by atoms with Crippen LogP contribution in [0, 0.1) is 11.7 Å². The number of hydrogen-bond donors (Lipinski definition) is 3. The lowest BCUT2D eigenvalue weighted by molar-refractivity contribution is -0.123. The molecule has 26 heavy (non-hydrogen) atoms. The Bertz CT molecular complexity index is 599. The van der Waals surface area contributed by atoms with Crippen LogP contribution >= 0.6 is 0 Å². The number of aliphatic imine (C=N–C) groups is 1. The number of likely N-dealkylation sites (tertiary alicyclic amines) is 1. The van der Waals surface area contributed by atoms with Crippen LogP contribution in [0.1, 0.15) is 31.2 Å². The lowest BCUT2D eigenvalue weighted by Crippen LogP contribution is -2.39. The quantitative estimate of drug-likeness (QED) is 0.371. The summed E-state index contributed by atoms with van der Waals surface area (Å²) in [4.78, 5) is 17.8. The number of carbonyl (C=O) groups excluding carboxylic acids is 1. The summed E-state index contributed by atoms with van der Waals surface area (Å²) in [6.07, 6.45) is 3.89. The van der Waals surface area contributed by atoms with Gasteiger partial charge >= 0.3 is 0 Å². The van der Waals surface area contributed by atoms with Gasteiger partial charge in [-0.05, 0) is 63.0 Å². The molecule has 0 spiro atoms. The Morgan fingerprint density at radius 3 is 2.73 bits per heavy atom. The third-order valence-corrected chi connectivity index (χ3v) is 4.76. The largest absolute Gasteiger partial charge is 0.369 e. The summed E-state index contributed by atoms with van der Waals surface area (Å²) >= 11 is 0. The molecule has 1 saturated heterocycles. The number of rotatable bonds is 8. The molecule has 1 heterocycles. The Balaban J connectivity index is 1.56. The van der Waals surface area contributed by atoms with E-state index < -0.39 is 0 Å². The number of nitrogens with one attached hydrogen (secondary N) is 2. The SMILES string of the molecule is CN=C(NCCCCN1CCC(C(N)=O)CC1)NCc1cccc(F)c1. The Labute approximate surface area is 155 Å². The van der Waals surface area contributed by atoms with E-state index in [9.17, 15) is 9.18 Å². The van der Waals surface area contributed by atoms with Gasteiger partial charge in [0.1, 0.15) is 5.82 Å². The predicted octanol–water partition coefficient (Wildman–Crippen LogP) is 1.47. The zero-order valence-corrected chi connectivity index (χ0v) is 15.5. The van der Waals surface area contributed by atoms with E-state index in [1.165, 1.54) is 12.1 Å². The van der Waals surface area contributed by atoms with Crippen molar-refractivity contribution in [2.75, 3.05) is 33.2 Å². The molecule has 1 aromatic rings. The van der Waals surface area contributed by atoms with E-state index in [4.69, 9.17) is 5.73 Å². The highest BCUT2D eigenvalue weighted by molar-refractivity contribution is 5.79. The van der Waals surface area contributed by atoms with Gasteiger partial charge in [0.25, 0.3) is 0 Å². The number of carbonyl (C=O) groups is 1. The third-order valence-electron chi connectivity index (χ3n) is 4.76. The molecule has 0 aliphatic carbocycles. The van der Waals surface area contributed by atoms with E-state index in [1.807, 2.05) is 6.07 Å². The first-order valence-electron chi connectivity index (χ1n) is 9.29. The Kier molecular flexibility index (Phi) is 8.34. The molecular formula is C19H30FN5O. The number of piperidine rings is 1. The van der Waals surface area contributed by atoms with Crippen LogP contribution < -0.4 is 16.4 Å². The average molecular weight is 363 g/mol. The van der Waals surface area contributed by atoms with Crippen LogP contribution in [0.3, 0.4) is 0 Å². The summed E-state index contributed by atoms with van der Waals surface area (Å²) < 4.78 is 13.2. The number of hydrogen-bond acceptors (Lipinski definition) is 3. The minimum atomic E-state index is -0.230. The summed E-state index contributed by atoms with van der Waals surface area (Å²) in [7, 11) is 1.73. The molecule has 144 valence electrons. The Hall–Kier alpha value is -2.15. The van der Waals surface area contributed by atoms with Crippen molar-refractivity contribution in [3.63, 3.8) is 0 Å². The van der Waals surface area contributed by atoms with Gasteiger partial charge in [-0.1, -0.05) is 12.1 Å². The molecule has 4 N–H and O–H groups in total. The molecule has 7 heteroatoms. The molecular weight excluding hydrogens is 333 g/mol. The van der Waals surface area contributed by atoms with Crippen LogP contribution in [0.25, 0.3) is 0 Å². The minimum absolute atomic E-state index is 0.0559. The molecule has 2 rings (SSSR count). The maximum atomic E-state index is 13.2. The standard InChI is InChI=1S/C19H30FN5O/c1-22-19(24-14-15-5-4-6-17(20)13-15)23-9-2-3-10-25-11-7-16(8-12-25)18(21)26/h4-6,13,16H,2-3,7-12,14H2,1H3,(H2,21,26)(H2,22,23,24). The second-order valence-corrected chi connectivity index (χ2v) is 6.71. The number of guanidine groups is 1. The molecule has 6 nitrogen and oxygen atoms in total. The second kappa shape index (κ2) is 10.8. The lowest BCUT2D eigenvalue weighted by Gasteiger charge is -2.30. The summed E-state index contributed by atoms with van der Waals surface area (Å²) in [5.41, 5.74) is 6.24. The van der Waals surface area contributed by atoms with E-state index in [0.717, 1.165) is 63.4 Å². The smallest absolute Gasteiger partial charge is 0.220 e. The van der Waals surface area contributed by atoms with Crippen molar-refractivity contribution in [2.24, 2.45) is 16.6 Å². The fourth-order valence-corrected chi connectivity index (χ4v) is 3.16. The zero-order chi connectivity index (χ0) is 18.8. The summed E-state index contributed by atoms with van der Waals surface area (Å²) in [6.45, 7) is 4.32. The van der Waals surface area contributed by atoms with Gasteiger partial charge in [-0.2, -0.15) is 0 Å². The topological polar surface area (TPSA) is 82.8 Å². The normalized spacial score (nSPS) is 16.5. The van der Waals surface area contributed by atoms with Crippen molar-refractivity contribution in [1.82, 2.24) is 15.5 Å². The van der Waals surface area contributed by atoms with Crippen LogP contribution in [0.5, 0.6) is 0 Å². The maximum Gasteiger partial charge on any atom is 0.220 e. The Morgan fingerprint density at radius 1 is 1.31 bits per heavy atom. The molecule has 1 aliphatic heterocycles. The summed E-state index contributed by atoms with van der Waals surface area (Å²) in [6, 6.07) is 6.54. The average Bonchev–Trinajstić information content (AvgIpc) is 2.64. The first kappa shape index (κ1) is 20.2. The Morgan fingerprint density at radius 2 is 2.08 bits per heavy atom. The predicted molar refractivity (Wildman–Crippen MR) is 102 cm³/mol. The molecule has 1 fully saturated rings. The fraction of sp³-hybridized carbons (Fsp3) is 0.579. The number of amides is 1. The van der Waals surface area contributed by atoms with Crippen molar-refractivity contribution in [2.45, 2.75) is 32.2 Å². The highest BCUT2D eigenvalue weighted by Gasteiger charge is 2.22. The third kappa shape index (κ3) is 7.00. The first-order chi connectivity index (χ1) is 12.6. The maximum absolute atomic E-state index is 13.2. The molecule has 1 amide bonds. The van der Waals surface area contributed by atoms with Crippen LogP contribution in [0.2, 0.25) is 0 Å². The molecule has 0 bridgehead atoms. The van der Waals surface area contributed by atoms with Gasteiger partial charge in [-0.15, -0.1) is 0 Å². The second-order valence-electron chi connectivity index (χ2n) is 6.71. The van der Waals surface area contributed by atoms with Crippen molar-refractivity contribution >= 4 is 11.9 Å². The van der Waals surface area contributed by atoms with Crippen LogP contribution in [-0.4, -0.2) is 50.0 Å². The highest BCUT2D eigenvalue weighted by Crippen LogP contribution is 2.16.